The predicted octanol–water partition coefficient (Wildman–Crippen LogP) is 11.8. The van der Waals surface area contributed by atoms with Gasteiger partial charge in [-0.15, -0.1) is 0 Å². The first-order valence-electron chi connectivity index (χ1n) is 15.4. The van der Waals surface area contributed by atoms with Crippen molar-refractivity contribution in [3.05, 3.63) is 72.8 Å². The van der Waals surface area contributed by atoms with Crippen LogP contribution in [0.2, 0.25) is 0 Å². The second-order valence-corrected chi connectivity index (χ2v) is 14.6. The van der Waals surface area contributed by atoms with Crippen molar-refractivity contribution in [1.82, 2.24) is 0 Å². The summed E-state index contributed by atoms with van der Waals surface area (Å²) in [5, 5.41) is 0. The van der Waals surface area contributed by atoms with E-state index in [1.54, 1.807) is 47.0 Å². The molecule has 0 fully saturated rings. The molecule has 0 N–H and O–H groups in total. The van der Waals surface area contributed by atoms with E-state index in [1.165, 1.54) is 0 Å². The van der Waals surface area contributed by atoms with E-state index in [4.69, 9.17) is 18.9 Å². The number of para-hydroxylation sites is 3. The molecule has 44 heavy (non-hydrogen) atoms. The molecule has 0 aromatic heterocycles. The lowest BCUT2D eigenvalue weighted by atomic mass is 10.3. The molecule has 0 spiro atoms. The maximum absolute atomic E-state index is 6.48. The lowest BCUT2D eigenvalue weighted by molar-refractivity contribution is 0.300. The fourth-order valence-corrected chi connectivity index (χ4v) is 8.89. The summed E-state index contributed by atoms with van der Waals surface area (Å²) >= 11 is 6.83. The topological polar surface area (TPSA) is 36.9 Å². The Hall–Kier alpha value is -2.52. The molecular formula is C36H40O4S4. The third kappa shape index (κ3) is 8.39. The molecule has 4 aromatic carbocycles. The predicted molar refractivity (Wildman–Crippen MR) is 185 cm³/mol. The van der Waals surface area contributed by atoms with E-state index in [1.807, 2.05) is 0 Å². The molecule has 8 bridgehead atoms. The maximum atomic E-state index is 6.48. The zero-order valence-corrected chi connectivity index (χ0v) is 29.1. The van der Waals surface area contributed by atoms with Crippen molar-refractivity contribution in [2.75, 3.05) is 26.4 Å². The first kappa shape index (κ1) is 32.9. The van der Waals surface area contributed by atoms with Gasteiger partial charge < -0.3 is 18.9 Å². The van der Waals surface area contributed by atoms with E-state index in [9.17, 15) is 0 Å². The summed E-state index contributed by atoms with van der Waals surface area (Å²) in [5.41, 5.74) is 0. The molecule has 0 atom stereocenters. The van der Waals surface area contributed by atoms with Gasteiger partial charge in [0, 0.05) is 9.79 Å². The Morgan fingerprint density at radius 1 is 0.409 bits per heavy atom. The Balaban J connectivity index is 1.71. The Kier molecular flexibility index (Phi) is 12.5. The van der Waals surface area contributed by atoms with Crippen LogP contribution in [-0.4, -0.2) is 26.4 Å². The zero-order valence-electron chi connectivity index (χ0n) is 25.9. The highest BCUT2D eigenvalue weighted by atomic mass is 32.2. The van der Waals surface area contributed by atoms with Crippen LogP contribution in [0.3, 0.4) is 0 Å². The van der Waals surface area contributed by atoms with Crippen LogP contribution >= 0.6 is 47.0 Å². The molecule has 0 amide bonds. The van der Waals surface area contributed by atoms with Crippen LogP contribution < -0.4 is 18.9 Å². The Morgan fingerprint density at radius 3 is 1.07 bits per heavy atom. The van der Waals surface area contributed by atoms with Crippen LogP contribution in [0.1, 0.15) is 53.4 Å². The van der Waals surface area contributed by atoms with Crippen molar-refractivity contribution in [3.8, 4) is 23.0 Å². The molecule has 5 rings (SSSR count). The Labute approximate surface area is 279 Å². The summed E-state index contributed by atoms with van der Waals surface area (Å²) in [7, 11) is 0. The molecule has 0 aliphatic carbocycles. The molecule has 4 aromatic rings. The van der Waals surface area contributed by atoms with E-state index >= 15 is 0 Å². The highest BCUT2D eigenvalue weighted by Gasteiger charge is 2.21. The number of rotatable bonds is 12. The van der Waals surface area contributed by atoms with Crippen LogP contribution in [0.4, 0.5) is 0 Å². The number of hydrogen-bond acceptors (Lipinski definition) is 8. The van der Waals surface area contributed by atoms with Crippen molar-refractivity contribution in [2.45, 2.75) is 92.5 Å². The van der Waals surface area contributed by atoms with Crippen molar-refractivity contribution >= 4 is 47.0 Å². The standard InChI is InChI=1S/C36H40O4S4/c1-5-18-37-25-22-26-24-27(23-25)42-29-13-10-15-31(35(29)39-20-7-3)44-33-17-11-16-32(36(33)40-21-8-4)43-30-14-9-12-28(41-26)34(30)38-19-6-2/h9-17,22-24H,5-8,18-21H2,1-4H3. The van der Waals surface area contributed by atoms with Crippen molar-refractivity contribution in [1.29, 1.82) is 0 Å². The van der Waals surface area contributed by atoms with E-state index in [2.05, 4.69) is 100 Å². The lowest BCUT2D eigenvalue weighted by Gasteiger charge is -2.20. The molecule has 4 nitrogen and oxygen atoms in total. The minimum Gasteiger partial charge on any atom is -0.494 e. The second kappa shape index (κ2) is 16.7. The zero-order chi connectivity index (χ0) is 30.7. The van der Waals surface area contributed by atoms with Crippen molar-refractivity contribution in [2.24, 2.45) is 0 Å². The summed E-state index contributed by atoms with van der Waals surface area (Å²) in [6.07, 6.45) is 3.74. The molecular weight excluding hydrogens is 625 g/mol. The lowest BCUT2D eigenvalue weighted by Crippen LogP contribution is -2.01. The monoisotopic (exact) mass is 664 g/mol. The summed E-state index contributed by atoms with van der Waals surface area (Å²) in [6, 6.07) is 25.8. The summed E-state index contributed by atoms with van der Waals surface area (Å²) in [6.45, 7) is 11.2. The van der Waals surface area contributed by atoms with Crippen LogP contribution in [0, 0.1) is 0 Å². The van der Waals surface area contributed by atoms with Gasteiger partial charge in [-0.1, -0.05) is 92.9 Å². The van der Waals surface area contributed by atoms with Crippen LogP contribution in [0.15, 0.2) is 112 Å². The van der Waals surface area contributed by atoms with Gasteiger partial charge in [-0.2, -0.15) is 0 Å². The SMILES string of the molecule is CCCOc1cc2cc(c1)Sc1cccc(c1OCCC)Sc1cccc(c1OCCC)Sc1cccc(c1OCCC)S2. The quantitative estimate of drug-likeness (QED) is 0.130. The van der Waals surface area contributed by atoms with Gasteiger partial charge in [0.2, 0.25) is 0 Å². The number of hydrogen-bond donors (Lipinski definition) is 0. The minimum atomic E-state index is 0.645. The van der Waals surface area contributed by atoms with Gasteiger partial charge >= 0.3 is 0 Å². The third-order valence-electron chi connectivity index (χ3n) is 6.40. The second-order valence-electron chi connectivity index (χ2n) is 10.2. The summed E-state index contributed by atoms with van der Waals surface area (Å²) in [4.78, 5) is 8.64. The van der Waals surface area contributed by atoms with E-state index in [-0.39, 0.29) is 0 Å². The number of fused-ring (bicyclic) bond motifs is 8. The van der Waals surface area contributed by atoms with E-state index in [0.717, 1.165) is 87.8 Å². The summed E-state index contributed by atoms with van der Waals surface area (Å²) < 4.78 is 25.6. The van der Waals surface area contributed by atoms with Crippen LogP contribution in [-0.2, 0) is 0 Å². The van der Waals surface area contributed by atoms with Crippen molar-refractivity contribution in [3.63, 3.8) is 0 Å². The molecule has 8 heteroatoms. The highest BCUT2D eigenvalue weighted by molar-refractivity contribution is 8.01. The van der Waals surface area contributed by atoms with E-state index in [0.29, 0.717) is 26.4 Å². The van der Waals surface area contributed by atoms with Gasteiger partial charge in [-0.25, -0.2) is 0 Å². The van der Waals surface area contributed by atoms with Gasteiger partial charge in [0.15, 0.2) is 0 Å². The Bertz CT molecular complexity index is 1440. The van der Waals surface area contributed by atoms with Gasteiger partial charge in [0.25, 0.3) is 0 Å². The van der Waals surface area contributed by atoms with Crippen LogP contribution in [0.5, 0.6) is 23.0 Å². The average molecular weight is 665 g/mol. The number of benzene rings is 4. The maximum Gasteiger partial charge on any atom is 0.147 e. The molecule has 1 heterocycles. The Morgan fingerprint density at radius 2 is 0.727 bits per heavy atom. The molecule has 232 valence electrons. The average Bonchev–Trinajstić information content (AvgIpc) is 3.02. The first-order chi connectivity index (χ1) is 21.6. The molecule has 0 unspecified atom stereocenters. The van der Waals surface area contributed by atoms with Gasteiger partial charge in [-0.05, 0) is 80.3 Å². The molecule has 0 radical (unpaired) electrons. The minimum absolute atomic E-state index is 0.645. The molecule has 0 saturated carbocycles. The molecule has 0 saturated heterocycles. The smallest absolute Gasteiger partial charge is 0.147 e. The highest BCUT2D eigenvalue weighted by Crippen LogP contribution is 2.51. The van der Waals surface area contributed by atoms with Gasteiger partial charge in [0.1, 0.15) is 23.0 Å². The van der Waals surface area contributed by atoms with Crippen molar-refractivity contribution < 1.29 is 18.9 Å². The van der Waals surface area contributed by atoms with E-state index < -0.39 is 0 Å². The third-order valence-corrected chi connectivity index (χ3v) is 10.6. The molecule has 1 aliphatic heterocycles. The fraction of sp³-hybridized carbons (Fsp3) is 0.333. The van der Waals surface area contributed by atoms with Crippen LogP contribution in [0.25, 0.3) is 0 Å². The molecule has 1 aliphatic rings. The van der Waals surface area contributed by atoms with Gasteiger partial charge in [-0.3, -0.25) is 0 Å². The number of ether oxygens (including phenoxy) is 4. The fourth-order valence-electron chi connectivity index (χ4n) is 4.47. The largest absolute Gasteiger partial charge is 0.494 e. The summed E-state index contributed by atoms with van der Waals surface area (Å²) in [5.74, 6) is 3.59. The van der Waals surface area contributed by atoms with Gasteiger partial charge in [0.05, 0.1) is 55.8 Å². The normalized spacial score (nSPS) is 12.5. The first-order valence-corrected chi connectivity index (χ1v) is 18.7.